The molecule has 1 amide bonds. The summed E-state index contributed by atoms with van der Waals surface area (Å²) in [5.41, 5.74) is 0.712. The number of hydrogen-bond acceptors (Lipinski definition) is 5. The minimum absolute atomic E-state index is 0.163. The minimum Gasteiger partial charge on any atom is -0.482 e. The number of ether oxygens (including phenoxy) is 2. The molecule has 1 heterocycles. The molecule has 0 aromatic heterocycles. The largest absolute Gasteiger partial charge is 0.482 e. The van der Waals surface area contributed by atoms with E-state index in [4.69, 9.17) is 16.3 Å². The van der Waals surface area contributed by atoms with Gasteiger partial charge in [0.05, 0.1) is 18.2 Å². The van der Waals surface area contributed by atoms with Gasteiger partial charge in [0.2, 0.25) is 0 Å². The number of halogens is 1. The highest BCUT2D eigenvalue weighted by Crippen LogP contribution is 2.33. The fraction of sp³-hybridized carbons (Fsp3) is 0.357. The Bertz CT molecular complexity index is 599. The smallest absolute Gasteiger partial charge is 0.325 e. The van der Waals surface area contributed by atoms with Crippen molar-refractivity contribution >= 4 is 34.9 Å². The van der Waals surface area contributed by atoms with Crippen molar-refractivity contribution in [2.24, 2.45) is 0 Å². The maximum Gasteiger partial charge on any atom is 0.325 e. The highest BCUT2D eigenvalue weighted by atomic mass is 35.5. The summed E-state index contributed by atoms with van der Waals surface area (Å²) >= 11 is 5.78. The van der Waals surface area contributed by atoms with Crippen LogP contribution in [0.15, 0.2) is 18.2 Å². The van der Waals surface area contributed by atoms with Gasteiger partial charge < -0.3 is 9.47 Å². The topological polar surface area (TPSA) is 72.9 Å². The van der Waals surface area contributed by atoms with Crippen LogP contribution >= 0.6 is 11.6 Å². The lowest BCUT2D eigenvalue weighted by molar-refractivity contribution is -0.140. The van der Waals surface area contributed by atoms with Gasteiger partial charge in [0.25, 0.3) is 5.91 Å². The first kappa shape index (κ1) is 15.3. The number of fused-ring (bicyclic) bond motifs is 1. The quantitative estimate of drug-likeness (QED) is 0.477. The molecule has 0 bridgehead atoms. The van der Waals surface area contributed by atoms with Crippen LogP contribution in [0.4, 0.5) is 5.69 Å². The number of nitrogens with zero attached hydrogens (tertiary/aromatic N) is 1. The standard InChI is InChI=1S/C14H14ClNO5/c1-8(15)14(19)9-3-4-11-10(5-9)16(6-13(18)20-2)12(17)7-21-11/h3-5,8H,6-7H2,1-2H3. The summed E-state index contributed by atoms with van der Waals surface area (Å²) < 4.78 is 9.86. The average Bonchev–Trinajstić information content (AvgIpc) is 2.48. The molecule has 1 aliphatic rings. The first-order valence-corrected chi connectivity index (χ1v) is 6.70. The molecule has 0 N–H and O–H groups in total. The summed E-state index contributed by atoms with van der Waals surface area (Å²) in [5.74, 6) is -0.775. The summed E-state index contributed by atoms with van der Waals surface area (Å²) in [4.78, 5) is 36.5. The lowest BCUT2D eigenvalue weighted by Gasteiger charge is -2.28. The molecule has 1 aromatic rings. The summed E-state index contributed by atoms with van der Waals surface area (Å²) in [6.45, 7) is 1.17. The number of carbonyl (C=O) groups excluding carboxylic acids is 3. The third-order valence-corrected chi connectivity index (χ3v) is 3.26. The van der Waals surface area contributed by atoms with Gasteiger partial charge in [-0.15, -0.1) is 11.6 Å². The molecule has 1 aliphatic heterocycles. The number of anilines is 1. The molecule has 0 fully saturated rings. The zero-order chi connectivity index (χ0) is 15.6. The first-order chi connectivity index (χ1) is 9.93. The Hall–Kier alpha value is -2.08. The number of alkyl halides is 1. The zero-order valence-corrected chi connectivity index (χ0v) is 12.3. The van der Waals surface area contributed by atoms with Crippen molar-refractivity contribution in [3.05, 3.63) is 23.8 Å². The summed E-state index contributed by atoms with van der Waals surface area (Å²) in [5, 5.41) is -0.683. The lowest BCUT2D eigenvalue weighted by Crippen LogP contribution is -2.42. The molecular weight excluding hydrogens is 298 g/mol. The van der Waals surface area contributed by atoms with Crippen molar-refractivity contribution in [3.8, 4) is 5.75 Å². The number of hydrogen-bond donors (Lipinski definition) is 0. The maximum atomic E-state index is 11.9. The van der Waals surface area contributed by atoms with Gasteiger partial charge in [0.1, 0.15) is 12.3 Å². The van der Waals surface area contributed by atoms with Crippen LogP contribution in [0.25, 0.3) is 0 Å². The zero-order valence-electron chi connectivity index (χ0n) is 11.6. The Labute approximate surface area is 126 Å². The number of Topliss-reactive ketones (excluding diaryl/α,β-unsaturated/α-hetero) is 1. The number of amides is 1. The molecule has 21 heavy (non-hydrogen) atoms. The molecular formula is C14H14ClNO5. The predicted octanol–water partition coefficient (Wildman–Crippen LogP) is 1.39. The van der Waals surface area contributed by atoms with Crippen LogP contribution in [-0.4, -0.2) is 43.3 Å². The van der Waals surface area contributed by atoms with Gasteiger partial charge >= 0.3 is 5.97 Å². The second kappa shape index (κ2) is 6.13. The Morgan fingerprint density at radius 1 is 1.48 bits per heavy atom. The van der Waals surface area contributed by atoms with Gasteiger partial charge in [-0.3, -0.25) is 19.3 Å². The number of ketones is 1. The van der Waals surface area contributed by atoms with E-state index in [9.17, 15) is 14.4 Å². The molecule has 7 heteroatoms. The Kier molecular flexibility index (Phi) is 4.47. The molecule has 0 saturated heterocycles. The van der Waals surface area contributed by atoms with E-state index in [-0.39, 0.29) is 24.8 Å². The summed E-state index contributed by atoms with van der Waals surface area (Å²) in [6, 6.07) is 4.65. The lowest BCUT2D eigenvalue weighted by atomic mass is 10.1. The minimum atomic E-state index is -0.683. The van der Waals surface area contributed by atoms with Crippen molar-refractivity contribution in [1.82, 2.24) is 0 Å². The van der Waals surface area contributed by atoms with Crippen molar-refractivity contribution in [1.29, 1.82) is 0 Å². The van der Waals surface area contributed by atoms with Gasteiger partial charge in [-0.2, -0.15) is 0 Å². The van der Waals surface area contributed by atoms with Crippen LogP contribution in [-0.2, 0) is 14.3 Å². The van der Waals surface area contributed by atoms with Gasteiger partial charge in [0.15, 0.2) is 12.4 Å². The van der Waals surface area contributed by atoms with Crippen LogP contribution in [0.5, 0.6) is 5.75 Å². The van der Waals surface area contributed by atoms with Crippen LogP contribution in [0.1, 0.15) is 17.3 Å². The van der Waals surface area contributed by atoms with E-state index < -0.39 is 11.3 Å². The van der Waals surface area contributed by atoms with Crippen molar-refractivity contribution in [2.45, 2.75) is 12.3 Å². The number of carbonyl (C=O) groups is 3. The Morgan fingerprint density at radius 2 is 2.19 bits per heavy atom. The Morgan fingerprint density at radius 3 is 2.81 bits per heavy atom. The van der Waals surface area contributed by atoms with Crippen LogP contribution in [0.3, 0.4) is 0 Å². The normalized spacial score (nSPS) is 15.0. The molecule has 2 rings (SSSR count). The molecule has 0 spiro atoms. The summed E-state index contributed by atoms with van der Waals surface area (Å²) in [6.07, 6.45) is 0. The van der Waals surface area contributed by atoms with Crippen LogP contribution < -0.4 is 9.64 Å². The molecule has 1 aromatic carbocycles. The summed E-state index contributed by atoms with van der Waals surface area (Å²) in [7, 11) is 1.24. The molecule has 6 nitrogen and oxygen atoms in total. The number of esters is 1. The molecule has 0 aliphatic carbocycles. The van der Waals surface area contributed by atoms with E-state index in [1.807, 2.05) is 0 Å². The second-order valence-corrected chi connectivity index (χ2v) is 5.16. The molecule has 112 valence electrons. The van der Waals surface area contributed by atoms with E-state index >= 15 is 0 Å². The highest BCUT2D eigenvalue weighted by Gasteiger charge is 2.28. The van der Waals surface area contributed by atoms with E-state index in [1.165, 1.54) is 18.1 Å². The van der Waals surface area contributed by atoms with Gasteiger partial charge in [-0.05, 0) is 25.1 Å². The number of methoxy groups -OCH3 is 1. The molecule has 1 atom stereocenters. The molecule has 0 saturated carbocycles. The van der Waals surface area contributed by atoms with E-state index in [2.05, 4.69) is 4.74 Å². The third-order valence-electron chi connectivity index (χ3n) is 3.06. The monoisotopic (exact) mass is 311 g/mol. The molecule has 0 radical (unpaired) electrons. The van der Waals surface area contributed by atoms with Gasteiger partial charge in [-0.1, -0.05) is 0 Å². The van der Waals surface area contributed by atoms with Crippen molar-refractivity contribution in [2.75, 3.05) is 25.2 Å². The van der Waals surface area contributed by atoms with E-state index in [0.29, 0.717) is 17.0 Å². The fourth-order valence-corrected chi connectivity index (χ4v) is 2.08. The SMILES string of the molecule is COC(=O)CN1C(=O)COc2ccc(C(=O)C(C)Cl)cc21. The van der Waals surface area contributed by atoms with Gasteiger partial charge in [0, 0.05) is 5.56 Å². The third kappa shape index (κ3) is 3.16. The van der Waals surface area contributed by atoms with Crippen molar-refractivity contribution < 1.29 is 23.9 Å². The van der Waals surface area contributed by atoms with Crippen LogP contribution in [0.2, 0.25) is 0 Å². The van der Waals surface area contributed by atoms with Crippen molar-refractivity contribution in [3.63, 3.8) is 0 Å². The van der Waals surface area contributed by atoms with Crippen LogP contribution in [0, 0.1) is 0 Å². The fourth-order valence-electron chi connectivity index (χ4n) is 1.95. The number of benzene rings is 1. The van der Waals surface area contributed by atoms with E-state index in [0.717, 1.165) is 0 Å². The second-order valence-electron chi connectivity index (χ2n) is 4.51. The highest BCUT2D eigenvalue weighted by molar-refractivity contribution is 6.33. The molecule has 1 unspecified atom stereocenters. The number of rotatable bonds is 4. The average molecular weight is 312 g/mol. The van der Waals surface area contributed by atoms with Gasteiger partial charge in [-0.25, -0.2) is 0 Å². The maximum absolute atomic E-state index is 11.9. The predicted molar refractivity (Wildman–Crippen MR) is 76.0 cm³/mol. The van der Waals surface area contributed by atoms with E-state index in [1.54, 1.807) is 19.1 Å². The first-order valence-electron chi connectivity index (χ1n) is 6.26. The Balaban J connectivity index is 2.40.